The molecule has 0 aliphatic heterocycles. The number of thioether (sulfide) groups is 1. The lowest BCUT2D eigenvalue weighted by atomic mass is 10.1. The number of benzene rings is 2. The maximum atomic E-state index is 13.2. The number of rotatable bonds is 6. The average molecular weight is 461 g/mol. The molecule has 0 aliphatic rings. The van der Waals surface area contributed by atoms with Crippen LogP contribution in [-0.2, 0) is 6.54 Å². The fourth-order valence-corrected chi connectivity index (χ4v) is 4.82. The van der Waals surface area contributed by atoms with Crippen LogP contribution >= 0.6 is 11.8 Å². The molecule has 33 heavy (non-hydrogen) atoms. The normalized spacial score (nSPS) is 12.8. The van der Waals surface area contributed by atoms with Crippen molar-refractivity contribution in [3.8, 4) is 0 Å². The average Bonchev–Trinajstić information content (AvgIpc) is 3.22. The van der Waals surface area contributed by atoms with Gasteiger partial charge in [0, 0.05) is 6.54 Å². The fourth-order valence-electron chi connectivity index (χ4n) is 3.91. The summed E-state index contributed by atoms with van der Waals surface area (Å²) in [5.41, 5.74) is 1.19. The molecule has 1 atom stereocenters. The van der Waals surface area contributed by atoms with Crippen molar-refractivity contribution in [1.29, 1.82) is 0 Å². The van der Waals surface area contributed by atoms with E-state index in [9.17, 15) is 9.59 Å². The Kier molecular flexibility index (Phi) is 5.49. The summed E-state index contributed by atoms with van der Waals surface area (Å²) in [5.74, 6) is 1.54. The van der Waals surface area contributed by atoms with E-state index < -0.39 is 0 Å². The summed E-state index contributed by atoms with van der Waals surface area (Å²) in [6, 6.07) is 14.8. The van der Waals surface area contributed by atoms with Crippen LogP contribution < -0.4 is 11.1 Å². The molecule has 168 valence electrons. The van der Waals surface area contributed by atoms with E-state index in [4.69, 9.17) is 0 Å². The van der Waals surface area contributed by atoms with Gasteiger partial charge in [0.25, 0.3) is 11.1 Å². The van der Waals surface area contributed by atoms with Crippen molar-refractivity contribution in [2.75, 3.05) is 0 Å². The highest BCUT2D eigenvalue weighted by atomic mass is 32.2. The summed E-state index contributed by atoms with van der Waals surface area (Å²) in [6.45, 7) is 6.80. The zero-order valence-corrected chi connectivity index (χ0v) is 19.5. The molecule has 8 nitrogen and oxygen atoms in total. The van der Waals surface area contributed by atoms with E-state index in [0.717, 1.165) is 11.9 Å². The van der Waals surface area contributed by atoms with Crippen LogP contribution in [0.15, 0.2) is 63.3 Å². The maximum absolute atomic E-state index is 13.2. The smallest absolute Gasteiger partial charge is 0.262 e. The first-order chi connectivity index (χ1) is 15.9. The van der Waals surface area contributed by atoms with Gasteiger partial charge in [-0.05, 0) is 43.5 Å². The van der Waals surface area contributed by atoms with Gasteiger partial charge in [-0.15, -0.1) is 10.2 Å². The summed E-state index contributed by atoms with van der Waals surface area (Å²) < 4.78 is 3.64. The van der Waals surface area contributed by atoms with Crippen LogP contribution in [0.25, 0.3) is 27.6 Å². The lowest BCUT2D eigenvalue weighted by Gasteiger charge is -2.13. The molecule has 0 bridgehead atoms. The molecule has 0 saturated heterocycles. The Morgan fingerprint density at radius 3 is 2.48 bits per heavy atom. The highest BCUT2D eigenvalue weighted by Gasteiger charge is 2.20. The summed E-state index contributed by atoms with van der Waals surface area (Å²) in [5, 5.41) is 10.4. The van der Waals surface area contributed by atoms with Gasteiger partial charge in [-0.3, -0.25) is 18.6 Å². The maximum Gasteiger partial charge on any atom is 0.262 e. The van der Waals surface area contributed by atoms with Crippen LogP contribution in [0, 0.1) is 5.92 Å². The Hall–Kier alpha value is -3.46. The summed E-state index contributed by atoms with van der Waals surface area (Å²) >= 11 is 1.45. The SMILES string of the molecule is CC(C)CCn1c(=O)c2ccccc2n2c(SC(C)c3nc4ccccc4c(=O)[nH]3)nnc12. The zero-order chi connectivity index (χ0) is 23.1. The van der Waals surface area contributed by atoms with Gasteiger partial charge in [0.15, 0.2) is 5.16 Å². The molecule has 0 spiro atoms. The van der Waals surface area contributed by atoms with Crippen molar-refractivity contribution in [1.82, 2.24) is 29.1 Å². The number of nitrogens with zero attached hydrogens (tertiary/aromatic N) is 5. The molecular weight excluding hydrogens is 436 g/mol. The molecule has 0 aliphatic carbocycles. The fraction of sp³-hybridized carbons (Fsp3) is 0.292. The quantitative estimate of drug-likeness (QED) is 0.382. The second-order valence-electron chi connectivity index (χ2n) is 8.50. The van der Waals surface area contributed by atoms with Crippen molar-refractivity contribution in [2.24, 2.45) is 5.92 Å². The van der Waals surface area contributed by atoms with Crippen LogP contribution in [-0.4, -0.2) is 29.1 Å². The molecule has 2 aromatic carbocycles. The van der Waals surface area contributed by atoms with E-state index >= 15 is 0 Å². The Balaban J connectivity index is 1.62. The van der Waals surface area contributed by atoms with Crippen molar-refractivity contribution in [2.45, 2.75) is 44.1 Å². The molecule has 0 amide bonds. The molecule has 5 aromatic rings. The predicted octanol–water partition coefficient (Wildman–Crippen LogP) is 4.18. The number of aromatic nitrogens is 6. The van der Waals surface area contributed by atoms with Gasteiger partial charge in [-0.25, -0.2) is 4.98 Å². The Labute approximate surface area is 193 Å². The van der Waals surface area contributed by atoms with E-state index in [2.05, 4.69) is 34.0 Å². The standard InChI is InChI=1S/C24H24N6O2S/c1-14(2)12-13-29-22(32)17-9-5-7-11-19(17)30-23(29)27-28-24(30)33-15(3)20-25-18-10-6-4-8-16(18)21(31)26-20/h4-11,14-15H,12-13H2,1-3H3,(H,25,26,31). The minimum Gasteiger partial charge on any atom is -0.309 e. The van der Waals surface area contributed by atoms with Gasteiger partial charge in [0.05, 0.1) is 27.1 Å². The van der Waals surface area contributed by atoms with E-state index in [1.54, 1.807) is 10.6 Å². The third kappa shape index (κ3) is 3.82. The molecule has 0 radical (unpaired) electrons. The summed E-state index contributed by atoms with van der Waals surface area (Å²) in [6.07, 6.45) is 0.863. The number of hydrogen-bond acceptors (Lipinski definition) is 6. The number of aromatic amines is 1. The molecular formula is C24H24N6O2S. The van der Waals surface area contributed by atoms with Crippen LogP contribution in [0.2, 0.25) is 0 Å². The molecule has 1 unspecified atom stereocenters. The molecule has 0 saturated carbocycles. The number of fused-ring (bicyclic) bond motifs is 4. The van der Waals surface area contributed by atoms with Crippen molar-refractivity contribution >= 4 is 39.3 Å². The van der Waals surface area contributed by atoms with Gasteiger partial charge in [0.1, 0.15) is 5.82 Å². The molecule has 3 heterocycles. The molecule has 3 aromatic heterocycles. The molecule has 9 heteroatoms. The number of aryl methyl sites for hydroxylation is 1. The number of H-pyrrole nitrogens is 1. The van der Waals surface area contributed by atoms with Crippen LogP contribution in [0.4, 0.5) is 0 Å². The largest absolute Gasteiger partial charge is 0.309 e. The lowest BCUT2D eigenvalue weighted by molar-refractivity contribution is 0.512. The van der Waals surface area contributed by atoms with Gasteiger partial charge < -0.3 is 4.98 Å². The second kappa shape index (κ2) is 8.47. The Morgan fingerprint density at radius 2 is 1.70 bits per heavy atom. The van der Waals surface area contributed by atoms with E-state index in [-0.39, 0.29) is 16.4 Å². The van der Waals surface area contributed by atoms with Gasteiger partial charge >= 0.3 is 0 Å². The Bertz CT molecular complexity index is 1600. The molecule has 1 N–H and O–H groups in total. The first-order valence-electron chi connectivity index (χ1n) is 11.0. The highest BCUT2D eigenvalue weighted by molar-refractivity contribution is 7.99. The summed E-state index contributed by atoms with van der Waals surface area (Å²) in [7, 11) is 0. The minimum absolute atomic E-state index is 0.0590. The third-order valence-corrected chi connectivity index (χ3v) is 6.76. The predicted molar refractivity (Wildman–Crippen MR) is 131 cm³/mol. The first kappa shape index (κ1) is 21.4. The lowest BCUT2D eigenvalue weighted by Crippen LogP contribution is -2.24. The van der Waals surface area contributed by atoms with Crippen molar-refractivity contribution in [3.63, 3.8) is 0 Å². The van der Waals surface area contributed by atoms with Crippen LogP contribution in [0.1, 0.15) is 38.3 Å². The third-order valence-electron chi connectivity index (χ3n) is 5.71. The summed E-state index contributed by atoms with van der Waals surface area (Å²) in [4.78, 5) is 33.3. The van der Waals surface area contributed by atoms with Gasteiger partial charge in [-0.2, -0.15) is 0 Å². The number of hydrogen-bond donors (Lipinski definition) is 1. The van der Waals surface area contributed by atoms with Crippen LogP contribution in [0.3, 0.4) is 0 Å². The number of nitrogens with one attached hydrogen (secondary N) is 1. The van der Waals surface area contributed by atoms with Crippen molar-refractivity contribution < 1.29 is 0 Å². The Morgan fingerprint density at radius 1 is 0.970 bits per heavy atom. The monoisotopic (exact) mass is 460 g/mol. The van der Waals surface area contributed by atoms with Crippen LogP contribution in [0.5, 0.6) is 0 Å². The van der Waals surface area contributed by atoms with Gasteiger partial charge in [0.2, 0.25) is 5.78 Å². The topological polar surface area (TPSA) is 97.9 Å². The molecule has 5 rings (SSSR count). The zero-order valence-electron chi connectivity index (χ0n) is 18.6. The molecule has 0 fully saturated rings. The van der Waals surface area contributed by atoms with E-state index in [1.807, 2.05) is 53.8 Å². The van der Waals surface area contributed by atoms with Crippen molar-refractivity contribution in [3.05, 3.63) is 75.1 Å². The highest BCUT2D eigenvalue weighted by Crippen LogP contribution is 2.33. The van der Waals surface area contributed by atoms with E-state index in [1.165, 1.54) is 11.8 Å². The number of para-hydroxylation sites is 2. The minimum atomic E-state index is -0.190. The van der Waals surface area contributed by atoms with Gasteiger partial charge in [-0.1, -0.05) is 49.9 Å². The first-order valence-corrected chi connectivity index (χ1v) is 11.8. The van der Waals surface area contributed by atoms with E-state index in [0.29, 0.717) is 45.5 Å². The second-order valence-corrected chi connectivity index (χ2v) is 9.81.